The predicted molar refractivity (Wildman–Crippen MR) is 69.7 cm³/mol. The van der Waals surface area contributed by atoms with E-state index in [4.69, 9.17) is 10.4 Å². The first kappa shape index (κ1) is 12.6. The van der Waals surface area contributed by atoms with Gasteiger partial charge in [-0.3, -0.25) is 4.98 Å². The summed E-state index contributed by atoms with van der Waals surface area (Å²) in [5.74, 6) is -0.970. The number of benzene rings is 1. The lowest BCUT2D eigenvalue weighted by Crippen LogP contribution is -2.04. The fourth-order valence-electron chi connectivity index (χ4n) is 1.56. The topological polar surface area (TPSA) is 86.0 Å². The van der Waals surface area contributed by atoms with Crippen LogP contribution in [0, 0.1) is 11.3 Å². The van der Waals surface area contributed by atoms with Crippen LogP contribution in [-0.4, -0.2) is 16.1 Å². The van der Waals surface area contributed by atoms with E-state index < -0.39 is 5.97 Å². The number of aromatic nitrogens is 1. The Kier molecular flexibility index (Phi) is 3.74. The molecular weight excluding hydrogens is 242 g/mol. The number of pyridine rings is 1. The van der Waals surface area contributed by atoms with Gasteiger partial charge in [0, 0.05) is 11.9 Å². The lowest BCUT2D eigenvalue weighted by Gasteiger charge is -2.06. The highest BCUT2D eigenvalue weighted by atomic mass is 16.4. The summed E-state index contributed by atoms with van der Waals surface area (Å²) in [6, 6.07) is 12.0. The summed E-state index contributed by atoms with van der Waals surface area (Å²) in [6.45, 7) is 0.424. The summed E-state index contributed by atoms with van der Waals surface area (Å²) in [4.78, 5) is 14.9. The van der Waals surface area contributed by atoms with E-state index in [-0.39, 0.29) is 5.56 Å². The molecule has 0 amide bonds. The standard InChI is InChI=1S/C14H11N3O2/c15-8-10-1-3-12(4-2-10)17-9-13-7-11(14(18)19)5-6-16-13/h1-7,17H,9H2,(H,18,19). The molecule has 2 aromatic rings. The number of nitrogens with zero attached hydrogens (tertiary/aromatic N) is 2. The number of rotatable bonds is 4. The normalized spacial score (nSPS) is 9.63. The van der Waals surface area contributed by atoms with Crippen LogP contribution >= 0.6 is 0 Å². The zero-order chi connectivity index (χ0) is 13.7. The minimum atomic E-state index is -0.970. The predicted octanol–water partition coefficient (Wildman–Crippen LogP) is 2.26. The van der Waals surface area contributed by atoms with E-state index in [1.165, 1.54) is 18.3 Å². The van der Waals surface area contributed by atoms with Gasteiger partial charge >= 0.3 is 5.97 Å². The Balaban J connectivity index is 2.03. The number of hydrogen-bond acceptors (Lipinski definition) is 4. The van der Waals surface area contributed by atoms with Gasteiger partial charge in [-0.1, -0.05) is 0 Å². The van der Waals surface area contributed by atoms with Crippen molar-refractivity contribution in [2.75, 3.05) is 5.32 Å². The van der Waals surface area contributed by atoms with Crippen molar-refractivity contribution < 1.29 is 9.90 Å². The Morgan fingerprint density at radius 2 is 2.05 bits per heavy atom. The van der Waals surface area contributed by atoms with E-state index in [2.05, 4.69) is 10.3 Å². The first-order chi connectivity index (χ1) is 9.19. The molecule has 0 saturated carbocycles. The first-order valence-corrected chi connectivity index (χ1v) is 5.61. The highest BCUT2D eigenvalue weighted by molar-refractivity contribution is 5.87. The van der Waals surface area contributed by atoms with Crippen molar-refractivity contribution in [1.82, 2.24) is 4.98 Å². The number of nitriles is 1. The average Bonchev–Trinajstić information content (AvgIpc) is 2.46. The van der Waals surface area contributed by atoms with Crippen molar-refractivity contribution in [2.45, 2.75) is 6.54 Å². The SMILES string of the molecule is N#Cc1ccc(NCc2cc(C(=O)O)ccn2)cc1. The van der Waals surface area contributed by atoms with Gasteiger partial charge in [-0.2, -0.15) is 5.26 Å². The summed E-state index contributed by atoms with van der Waals surface area (Å²) in [6.07, 6.45) is 1.47. The molecule has 2 N–H and O–H groups in total. The molecule has 5 nitrogen and oxygen atoms in total. The molecule has 1 aromatic heterocycles. The van der Waals surface area contributed by atoms with Gasteiger partial charge in [-0.05, 0) is 36.4 Å². The highest BCUT2D eigenvalue weighted by Crippen LogP contribution is 2.10. The van der Waals surface area contributed by atoms with Crippen LogP contribution in [0.2, 0.25) is 0 Å². The van der Waals surface area contributed by atoms with E-state index in [0.717, 1.165) is 5.69 Å². The first-order valence-electron chi connectivity index (χ1n) is 5.61. The van der Waals surface area contributed by atoms with Gasteiger partial charge in [0.05, 0.1) is 29.4 Å². The Morgan fingerprint density at radius 1 is 1.32 bits per heavy atom. The fourth-order valence-corrected chi connectivity index (χ4v) is 1.56. The molecule has 0 aliphatic carbocycles. The summed E-state index contributed by atoms with van der Waals surface area (Å²) in [5, 5.41) is 20.7. The third-order valence-electron chi connectivity index (χ3n) is 2.55. The molecule has 0 unspecified atom stereocenters. The molecule has 0 aliphatic rings. The maximum atomic E-state index is 10.8. The molecule has 0 saturated heterocycles. The maximum absolute atomic E-state index is 10.8. The number of anilines is 1. The summed E-state index contributed by atoms with van der Waals surface area (Å²) in [7, 11) is 0. The van der Waals surface area contributed by atoms with Gasteiger partial charge < -0.3 is 10.4 Å². The Hall–Kier alpha value is -2.87. The van der Waals surface area contributed by atoms with Crippen LogP contribution in [0.4, 0.5) is 5.69 Å². The number of carboxylic acids is 1. The smallest absolute Gasteiger partial charge is 0.335 e. The van der Waals surface area contributed by atoms with Crippen LogP contribution in [0.3, 0.4) is 0 Å². The Labute approximate surface area is 110 Å². The number of carboxylic acid groups (broad SMARTS) is 1. The summed E-state index contributed by atoms with van der Waals surface area (Å²) < 4.78 is 0. The third kappa shape index (κ3) is 3.30. The van der Waals surface area contributed by atoms with Crippen molar-refractivity contribution in [2.24, 2.45) is 0 Å². The van der Waals surface area contributed by atoms with Gasteiger partial charge in [0.2, 0.25) is 0 Å². The number of carbonyl (C=O) groups is 1. The molecule has 0 spiro atoms. The van der Waals surface area contributed by atoms with E-state index in [0.29, 0.717) is 17.8 Å². The third-order valence-corrected chi connectivity index (χ3v) is 2.55. The molecule has 1 heterocycles. The summed E-state index contributed by atoms with van der Waals surface area (Å²) in [5.41, 5.74) is 2.30. The Morgan fingerprint density at radius 3 is 2.68 bits per heavy atom. The number of nitrogens with one attached hydrogen (secondary N) is 1. The lowest BCUT2D eigenvalue weighted by molar-refractivity contribution is 0.0696. The van der Waals surface area contributed by atoms with Crippen LogP contribution < -0.4 is 5.32 Å². The second-order valence-corrected chi connectivity index (χ2v) is 3.88. The lowest BCUT2D eigenvalue weighted by atomic mass is 10.2. The maximum Gasteiger partial charge on any atom is 0.335 e. The van der Waals surface area contributed by atoms with Crippen LogP contribution in [0.15, 0.2) is 42.6 Å². The second-order valence-electron chi connectivity index (χ2n) is 3.88. The zero-order valence-corrected chi connectivity index (χ0v) is 10.00. The fraction of sp³-hybridized carbons (Fsp3) is 0.0714. The van der Waals surface area contributed by atoms with Crippen molar-refractivity contribution in [1.29, 1.82) is 5.26 Å². The number of hydrogen-bond donors (Lipinski definition) is 2. The highest BCUT2D eigenvalue weighted by Gasteiger charge is 2.04. The summed E-state index contributed by atoms with van der Waals surface area (Å²) >= 11 is 0. The molecule has 1 aromatic carbocycles. The van der Waals surface area contributed by atoms with Gasteiger partial charge in [0.1, 0.15) is 0 Å². The molecule has 2 rings (SSSR count). The van der Waals surface area contributed by atoms with Crippen LogP contribution in [-0.2, 0) is 6.54 Å². The van der Waals surface area contributed by atoms with Crippen LogP contribution in [0.5, 0.6) is 0 Å². The largest absolute Gasteiger partial charge is 0.478 e. The van der Waals surface area contributed by atoms with Crippen molar-refractivity contribution in [3.63, 3.8) is 0 Å². The molecule has 0 atom stereocenters. The minimum absolute atomic E-state index is 0.214. The molecule has 0 radical (unpaired) electrons. The van der Waals surface area contributed by atoms with E-state index in [9.17, 15) is 4.79 Å². The second kappa shape index (κ2) is 5.65. The molecule has 5 heteroatoms. The molecular formula is C14H11N3O2. The molecule has 94 valence electrons. The van der Waals surface area contributed by atoms with E-state index in [1.807, 2.05) is 6.07 Å². The van der Waals surface area contributed by atoms with Crippen molar-refractivity contribution >= 4 is 11.7 Å². The van der Waals surface area contributed by atoms with Crippen molar-refractivity contribution in [3.05, 3.63) is 59.4 Å². The van der Waals surface area contributed by atoms with Gasteiger partial charge in [0.25, 0.3) is 0 Å². The van der Waals surface area contributed by atoms with Gasteiger partial charge in [-0.25, -0.2) is 4.79 Å². The van der Waals surface area contributed by atoms with Gasteiger partial charge in [0.15, 0.2) is 0 Å². The van der Waals surface area contributed by atoms with Crippen molar-refractivity contribution in [3.8, 4) is 6.07 Å². The van der Waals surface area contributed by atoms with Crippen LogP contribution in [0.25, 0.3) is 0 Å². The molecule has 0 aliphatic heterocycles. The molecule has 19 heavy (non-hydrogen) atoms. The Bertz CT molecular complexity index is 630. The average molecular weight is 253 g/mol. The molecule has 0 bridgehead atoms. The van der Waals surface area contributed by atoms with E-state index >= 15 is 0 Å². The van der Waals surface area contributed by atoms with Crippen LogP contribution in [0.1, 0.15) is 21.6 Å². The van der Waals surface area contributed by atoms with E-state index in [1.54, 1.807) is 24.3 Å². The van der Waals surface area contributed by atoms with Gasteiger partial charge in [-0.15, -0.1) is 0 Å². The molecule has 0 fully saturated rings. The minimum Gasteiger partial charge on any atom is -0.478 e. The quantitative estimate of drug-likeness (QED) is 0.872. The number of aromatic carboxylic acids is 1. The zero-order valence-electron chi connectivity index (χ0n) is 10.00. The monoisotopic (exact) mass is 253 g/mol.